The van der Waals surface area contributed by atoms with Crippen molar-refractivity contribution in [2.24, 2.45) is 0 Å². The van der Waals surface area contributed by atoms with Crippen LogP contribution >= 0.6 is 0 Å². The molecule has 0 amide bonds. The van der Waals surface area contributed by atoms with Crippen molar-refractivity contribution in [2.75, 3.05) is 0 Å². The Morgan fingerprint density at radius 3 is 2.50 bits per heavy atom. The second kappa shape index (κ2) is 4.03. The van der Waals surface area contributed by atoms with E-state index in [2.05, 4.69) is 4.98 Å². The minimum Gasteiger partial charge on any atom is -0.504 e. The van der Waals surface area contributed by atoms with Gasteiger partial charge in [-0.05, 0) is 18.6 Å². The molecule has 3 nitrogen and oxygen atoms in total. The molecule has 1 heterocycles. The van der Waals surface area contributed by atoms with Gasteiger partial charge in [0.2, 0.25) is 0 Å². The Hall–Kier alpha value is -2.34. The zero-order valence-electron chi connectivity index (χ0n) is 8.81. The van der Waals surface area contributed by atoms with E-state index in [1.54, 1.807) is 6.07 Å². The summed E-state index contributed by atoms with van der Waals surface area (Å²) < 4.78 is 0. The van der Waals surface area contributed by atoms with Gasteiger partial charge >= 0.3 is 0 Å². The molecule has 0 atom stereocenters. The molecule has 1 aromatic heterocycles. The Labute approximate surface area is 93.6 Å². The lowest BCUT2D eigenvalue weighted by Crippen LogP contribution is -1.87. The van der Waals surface area contributed by atoms with E-state index < -0.39 is 0 Å². The summed E-state index contributed by atoms with van der Waals surface area (Å²) in [4.78, 5) is 3.79. The zero-order chi connectivity index (χ0) is 11.5. The number of benzene rings is 1. The van der Waals surface area contributed by atoms with E-state index in [0.717, 1.165) is 11.1 Å². The van der Waals surface area contributed by atoms with Crippen LogP contribution in [-0.2, 0) is 0 Å². The molecule has 16 heavy (non-hydrogen) atoms. The Morgan fingerprint density at radius 2 is 1.88 bits per heavy atom. The molecule has 2 aromatic rings. The predicted molar refractivity (Wildman–Crippen MR) is 60.8 cm³/mol. The molecule has 0 aliphatic carbocycles. The molecule has 0 saturated heterocycles. The average Bonchev–Trinajstić information content (AvgIpc) is 2.31. The van der Waals surface area contributed by atoms with Gasteiger partial charge in [0.05, 0.1) is 0 Å². The van der Waals surface area contributed by atoms with Crippen LogP contribution in [0.15, 0.2) is 36.5 Å². The third-order valence-corrected chi connectivity index (χ3v) is 2.39. The van der Waals surface area contributed by atoms with Crippen LogP contribution < -0.4 is 0 Å². The number of nitriles is 1. The summed E-state index contributed by atoms with van der Waals surface area (Å²) in [6.07, 6.45) is 1.52. The summed E-state index contributed by atoms with van der Waals surface area (Å²) in [5, 5.41) is 18.6. The first kappa shape index (κ1) is 10.2. The minimum atomic E-state index is -0.0612. The number of hydrogen-bond acceptors (Lipinski definition) is 3. The second-order valence-electron chi connectivity index (χ2n) is 3.53. The Morgan fingerprint density at radius 1 is 1.19 bits per heavy atom. The molecule has 3 heteroatoms. The van der Waals surface area contributed by atoms with Gasteiger partial charge in [-0.25, -0.2) is 4.98 Å². The quantitative estimate of drug-likeness (QED) is 0.787. The molecular formula is C13H10N2O. The second-order valence-corrected chi connectivity index (χ2v) is 3.53. The molecule has 2 rings (SSSR count). The van der Waals surface area contributed by atoms with Gasteiger partial charge < -0.3 is 5.11 Å². The van der Waals surface area contributed by atoms with Gasteiger partial charge in [0, 0.05) is 11.8 Å². The smallest absolute Gasteiger partial charge is 0.182 e. The first-order valence-electron chi connectivity index (χ1n) is 4.87. The number of aromatic hydroxyl groups is 1. The lowest BCUT2D eigenvalue weighted by Gasteiger charge is -2.05. The van der Waals surface area contributed by atoms with E-state index in [1.807, 2.05) is 37.3 Å². The first-order valence-corrected chi connectivity index (χ1v) is 4.87. The maximum Gasteiger partial charge on any atom is 0.182 e. The van der Waals surface area contributed by atoms with Crippen LogP contribution in [0, 0.1) is 18.3 Å². The number of hydrogen-bond donors (Lipinski definition) is 1. The topological polar surface area (TPSA) is 56.9 Å². The Kier molecular flexibility index (Phi) is 2.57. The zero-order valence-corrected chi connectivity index (χ0v) is 8.81. The highest BCUT2D eigenvalue weighted by atomic mass is 16.3. The molecule has 0 saturated carbocycles. The minimum absolute atomic E-state index is 0.0538. The highest BCUT2D eigenvalue weighted by Crippen LogP contribution is 2.30. The molecule has 0 bridgehead atoms. The van der Waals surface area contributed by atoms with Crippen molar-refractivity contribution < 1.29 is 5.11 Å². The van der Waals surface area contributed by atoms with Crippen molar-refractivity contribution in [1.82, 2.24) is 4.98 Å². The summed E-state index contributed by atoms with van der Waals surface area (Å²) in [6.45, 7) is 2.00. The fourth-order valence-electron chi connectivity index (χ4n) is 1.50. The van der Waals surface area contributed by atoms with E-state index >= 15 is 0 Å². The maximum atomic E-state index is 9.83. The van der Waals surface area contributed by atoms with Crippen LogP contribution in [0.3, 0.4) is 0 Å². The van der Waals surface area contributed by atoms with Crippen LogP contribution in [0.1, 0.15) is 11.3 Å². The van der Waals surface area contributed by atoms with E-state index in [9.17, 15) is 5.11 Å². The van der Waals surface area contributed by atoms with Crippen LogP contribution in [0.2, 0.25) is 0 Å². The molecule has 1 N–H and O–H groups in total. The van der Waals surface area contributed by atoms with Crippen LogP contribution in [0.25, 0.3) is 11.1 Å². The van der Waals surface area contributed by atoms with Gasteiger partial charge in [-0.1, -0.05) is 29.8 Å². The number of rotatable bonds is 1. The fourth-order valence-corrected chi connectivity index (χ4v) is 1.50. The summed E-state index contributed by atoms with van der Waals surface area (Å²) in [5.74, 6) is -0.0612. The van der Waals surface area contributed by atoms with Crippen molar-refractivity contribution in [3.8, 4) is 22.9 Å². The van der Waals surface area contributed by atoms with E-state index in [4.69, 9.17) is 5.26 Å². The Balaban J connectivity index is 2.57. The first-order chi connectivity index (χ1) is 7.72. The SMILES string of the molecule is Cc1ccc(-c2ccnc(C#N)c2O)cc1. The monoisotopic (exact) mass is 210 g/mol. The highest BCUT2D eigenvalue weighted by Gasteiger charge is 2.09. The van der Waals surface area contributed by atoms with Crippen molar-refractivity contribution in [1.29, 1.82) is 5.26 Å². The normalized spacial score (nSPS) is 9.75. The lowest BCUT2D eigenvalue weighted by atomic mass is 10.0. The summed E-state index contributed by atoms with van der Waals surface area (Å²) in [6, 6.07) is 11.3. The predicted octanol–water partition coefficient (Wildman–Crippen LogP) is 2.63. The van der Waals surface area contributed by atoms with Crippen molar-refractivity contribution >= 4 is 0 Å². The van der Waals surface area contributed by atoms with E-state index in [1.165, 1.54) is 6.20 Å². The molecule has 0 fully saturated rings. The summed E-state index contributed by atoms with van der Waals surface area (Å²) >= 11 is 0. The molecule has 78 valence electrons. The number of pyridine rings is 1. The van der Waals surface area contributed by atoms with Crippen molar-refractivity contribution in [3.63, 3.8) is 0 Å². The molecule has 0 aliphatic rings. The van der Waals surface area contributed by atoms with Gasteiger partial charge in [-0.3, -0.25) is 0 Å². The molecular weight excluding hydrogens is 200 g/mol. The van der Waals surface area contributed by atoms with Crippen LogP contribution in [-0.4, -0.2) is 10.1 Å². The molecule has 0 aliphatic heterocycles. The number of aryl methyl sites for hydroxylation is 1. The van der Waals surface area contributed by atoms with Gasteiger partial charge in [0.15, 0.2) is 11.4 Å². The Bertz CT molecular complexity index is 553. The van der Waals surface area contributed by atoms with Crippen LogP contribution in [0.5, 0.6) is 5.75 Å². The largest absolute Gasteiger partial charge is 0.504 e. The van der Waals surface area contributed by atoms with Crippen LogP contribution in [0.4, 0.5) is 0 Å². The van der Waals surface area contributed by atoms with E-state index in [0.29, 0.717) is 5.56 Å². The van der Waals surface area contributed by atoms with Gasteiger partial charge in [0.1, 0.15) is 6.07 Å². The molecule has 1 aromatic carbocycles. The van der Waals surface area contributed by atoms with Crippen molar-refractivity contribution in [2.45, 2.75) is 6.92 Å². The standard InChI is InChI=1S/C13H10N2O/c1-9-2-4-10(5-3-9)11-6-7-15-12(8-14)13(11)16/h2-7,16H,1H3. The molecule has 0 spiro atoms. The fraction of sp³-hybridized carbons (Fsp3) is 0.0769. The van der Waals surface area contributed by atoms with Gasteiger partial charge in [0.25, 0.3) is 0 Å². The lowest BCUT2D eigenvalue weighted by molar-refractivity contribution is 0.472. The third-order valence-electron chi connectivity index (χ3n) is 2.39. The summed E-state index contributed by atoms with van der Waals surface area (Å²) in [7, 11) is 0. The van der Waals surface area contributed by atoms with Gasteiger partial charge in [-0.2, -0.15) is 5.26 Å². The highest BCUT2D eigenvalue weighted by molar-refractivity contribution is 5.71. The number of nitrogens with zero attached hydrogens (tertiary/aromatic N) is 2. The van der Waals surface area contributed by atoms with E-state index in [-0.39, 0.29) is 11.4 Å². The van der Waals surface area contributed by atoms with Gasteiger partial charge in [-0.15, -0.1) is 0 Å². The molecule has 0 radical (unpaired) electrons. The summed E-state index contributed by atoms with van der Waals surface area (Å²) in [5.41, 5.74) is 2.71. The molecule has 0 unspecified atom stereocenters. The maximum absolute atomic E-state index is 9.83. The average molecular weight is 210 g/mol. The van der Waals surface area contributed by atoms with Crippen molar-refractivity contribution in [3.05, 3.63) is 47.8 Å². The third kappa shape index (κ3) is 1.73. The number of aromatic nitrogens is 1.